The summed E-state index contributed by atoms with van der Waals surface area (Å²) in [7, 11) is 0. The van der Waals surface area contributed by atoms with Gasteiger partial charge < -0.3 is 9.47 Å². The van der Waals surface area contributed by atoms with Crippen LogP contribution in [0.2, 0.25) is 0 Å². The van der Waals surface area contributed by atoms with Gasteiger partial charge in [-0.3, -0.25) is 9.59 Å². The molecule has 0 saturated heterocycles. The van der Waals surface area contributed by atoms with Gasteiger partial charge in [0.25, 0.3) is 0 Å². The lowest BCUT2D eigenvalue weighted by Gasteiger charge is -2.15. The summed E-state index contributed by atoms with van der Waals surface area (Å²) in [5.41, 5.74) is -0.0109. The summed E-state index contributed by atoms with van der Waals surface area (Å²) in [4.78, 5) is 23.8. The standard InChI is InChI=1S/C14H16O4/c1-14(2,3)13(16)7-10(15)9-4-5-11-12(6-9)18-8-17-11/h4-6H,7-8H2,1-3H3. The molecule has 0 fully saturated rings. The van der Waals surface area contributed by atoms with Crippen LogP contribution in [0.4, 0.5) is 0 Å². The fourth-order valence-corrected chi connectivity index (χ4v) is 1.58. The van der Waals surface area contributed by atoms with E-state index < -0.39 is 5.41 Å². The van der Waals surface area contributed by atoms with Crippen molar-refractivity contribution in [2.75, 3.05) is 6.79 Å². The SMILES string of the molecule is CC(C)(C)C(=O)CC(=O)c1ccc2c(c1)OCO2. The van der Waals surface area contributed by atoms with Gasteiger partial charge in [0.15, 0.2) is 17.3 Å². The topological polar surface area (TPSA) is 52.6 Å². The number of rotatable bonds is 3. The predicted octanol–water partition coefficient (Wildman–Crippen LogP) is 2.60. The first-order valence-corrected chi connectivity index (χ1v) is 5.84. The highest BCUT2D eigenvalue weighted by Crippen LogP contribution is 2.33. The highest BCUT2D eigenvalue weighted by molar-refractivity contribution is 6.09. The monoisotopic (exact) mass is 248 g/mol. The first-order chi connectivity index (χ1) is 8.38. The van der Waals surface area contributed by atoms with E-state index in [1.807, 2.05) is 20.8 Å². The van der Waals surface area contributed by atoms with Gasteiger partial charge in [0.05, 0.1) is 6.42 Å². The molecule has 0 atom stereocenters. The van der Waals surface area contributed by atoms with Gasteiger partial charge in [-0.2, -0.15) is 0 Å². The van der Waals surface area contributed by atoms with Crippen LogP contribution in [-0.4, -0.2) is 18.4 Å². The van der Waals surface area contributed by atoms with Crippen LogP contribution in [0.5, 0.6) is 11.5 Å². The highest BCUT2D eigenvalue weighted by Gasteiger charge is 2.25. The Morgan fingerprint density at radius 3 is 2.50 bits per heavy atom. The summed E-state index contributed by atoms with van der Waals surface area (Å²) in [6.07, 6.45) is -0.0802. The Hall–Kier alpha value is -1.84. The van der Waals surface area contributed by atoms with Gasteiger partial charge in [-0.25, -0.2) is 0 Å². The third kappa shape index (κ3) is 2.53. The third-order valence-electron chi connectivity index (χ3n) is 2.85. The second-order valence-corrected chi connectivity index (χ2v) is 5.34. The van der Waals surface area contributed by atoms with Crippen molar-refractivity contribution < 1.29 is 19.1 Å². The largest absolute Gasteiger partial charge is 0.454 e. The molecule has 0 amide bonds. The molecule has 0 saturated carbocycles. The zero-order valence-corrected chi connectivity index (χ0v) is 10.8. The number of hydrogen-bond donors (Lipinski definition) is 0. The summed E-state index contributed by atoms with van der Waals surface area (Å²) in [6.45, 7) is 5.60. The summed E-state index contributed by atoms with van der Waals surface area (Å²) in [5.74, 6) is 0.941. The van der Waals surface area contributed by atoms with E-state index in [4.69, 9.17) is 9.47 Å². The maximum absolute atomic E-state index is 12.0. The molecule has 2 rings (SSSR count). The zero-order chi connectivity index (χ0) is 13.3. The molecule has 4 heteroatoms. The smallest absolute Gasteiger partial charge is 0.231 e. The van der Waals surface area contributed by atoms with Crippen LogP contribution in [0.3, 0.4) is 0 Å². The van der Waals surface area contributed by atoms with Crippen molar-refractivity contribution in [1.82, 2.24) is 0 Å². The van der Waals surface area contributed by atoms with Gasteiger partial charge in [0.2, 0.25) is 6.79 Å². The third-order valence-corrected chi connectivity index (χ3v) is 2.85. The summed E-state index contributed by atoms with van der Waals surface area (Å²) < 4.78 is 10.4. The average Bonchev–Trinajstić information content (AvgIpc) is 2.74. The van der Waals surface area contributed by atoms with Crippen molar-refractivity contribution in [1.29, 1.82) is 0 Å². The van der Waals surface area contributed by atoms with Crippen LogP contribution < -0.4 is 9.47 Å². The van der Waals surface area contributed by atoms with Crippen molar-refractivity contribution in [3.05, 3.63) is 23.8 Å². The zero-order valence-electron chi connectivity index (χ0n) is 10.8. The van der Waals surface area contributed by atoms with E-state index in [1.54, 1.807) is 18.2 Å². The van der Waals surface area contributed by atoms with Crippen molar-refractivity contribution in [3.8, 4) is 11.5 Å². The molecule has 1 heterocycles. The molecule has 0 aliphatic carbocycles. The molecular weight excluding hydrogens is 232 g/mol. The Morgan fingerprint density at radius 1 is 1.17 bits per heavy atom. The number of Topliss-reactive ketones (excluding diaryl/α,β-unsaturated/α-hetero) is 2. The van der Waals surface area contributed by atoms with E-state index in [9.17, 15) is 9.59 Å². The highest BCUT2D eigenvalue weighted by atomic mass is 16.7. The maximum atomic E-state index is 12.0. The number of ether oxygens (including phenoxy) is 2. The summed E-state index contributed by atoms with van der Waals surface area (Å²) in [6, 6.07) is 4.98. The lowest BCUT2D eigenvalue weighted by Crippen LogP contribution is -2.23. The minimum Gasteiger partial charge on any atom is -0.454 e. The maximum Gasteiger partial charge on any atom is 0.231 e. The van der Waals surface area contributed by atoms with Gasteiger partial charge in [-0.05, 0) is 18.2 Å². The minimum atomic E-state index is -0.494. The van der Waals surface area contributed by atoms with E-state index in [1.165, 1.54) is 0 Å². The van der Waals surface area contributed by atoms with E-state index in [-0.39, 0.29) is 24.8 Å². The van der Waals surface area contributed by atoms with Crippen LogP contribution in [0.1, 0.15) is 37.6 Å². The van der Waals surface area contributed by atoms with Gasteiger partial charge in [-0.1, -0.05) is 20.8 Å². The molecule has 0 radical (unpaired) electrons. The first kappa shape index (κ1) is 12.6. The molecule has 1 aliphatic heterocycles. The Kier molecular flexibility index (Phi) is 3.11. The molecule has 0 bridgehead atoms. The van der Waals surface area contributed by atoms with Crippen LogP contribution in [0.15, 0.2) is 18.2 Å². The van der Waals surface area contributed by atoms with Crippen LogP contribution in [0.25, 0.3) is 0 Å². The number of benzene rings is 1. The minimum absolute atomic E-state index is 0.0647. The van der Waals surface area contributed by atoms with Gasteiger partial charge in [-0.15, -0.1) is 0 Å². The van der Waals surface area contributed by atoms with Gasteiger partial charge in [0, 0.05) is 11.0 Å². The van der Waals surface area contributed by atoms with Crippen LogP contribution in [-0.2, 0) is 4.79 Å². The van der Waals surface area contributed by atoms with E-state index in [2.05, 4.69) is 0 Å². The Morgan fingerprint density at radius 2 is 1.83 bits per heavy atom. The summed E-state index contributed by atoms with van der Waals surface area (Å²) in [5, 5.41) is 0. The predicted molar refractivity (Wildman–Crippen MR) is 66.0 cm³/mol. The quantitative estimate of drug-likeness (QED) is 0.609. The van der Waals surface area contributed by atoms with E-state index in [0.717, 1.165) is 0 Å². The van der Waals surface area contributed by atoms with E-state index >= 15 is 0 Å². The van der Waals surface area contributed by atoms with Crippen LogP contribution >= 0.6 is 0 Å². The molecule has 0 spiro atoms. The Labute approximate surface area is 106 Å². The molecule has 18 heavy (non-hydrogen) atoms. The molecule has 4 nitrogen and oxygen atoms in total. The first-order valence-electron chi connectivity index (χ1n) is 5.84. The van der Waals surface area contributed by atoms with Crippen molar-refractivity contribution in [3.63, 3.8) is 0 Å². The normalized spacial score (nSPS) is 13.5. The number of fused-ring (bicyclic) bond motifs is 1. The number of hydrogen-bond acceptors (Lipinski definition) is 4. The number of carbonyl (C=O) groups is 2. The molecule has 96 valence electrons. The fraction of sp³-hybridized carbons (Fsp3) is 0.429. The summed E-state index contributed by atoms with van der Waals surface area (Å²) >= 11 is 0. The lowest BCUT2D eigenvalue weighted by molar-refractivity contribution is -0.125. The molecule has 1 aliphatic rings. The molecule has 0 unspecified atom stereocenters. The molecule has 1 aromatic carbocycles. The van der Waals surface area contributed by atoms with E-state index in [0.29, 0.717) is 17.1 Å². The molecule has 0 N–H and O–H groups in total. The lowest BCUT2D eigenvalue weighted by atomic mass is 9.87. The molecular formula is C14H16O4. The van der Waals surface area contributed by atoms with Gasteiger partial charge >= 0.3 is 0 Å². The number of carbonyl (C=O) groups excluding carboxylic acids is 2. The van der Waals surface area contributed by atoms with Crippen molar-refractivity contribution in [2.45, 2.75) is 27.2 Å². The van der Waals surface area contributed by atoms with Crippen LogP contribution in [0, 0.1) is 5.41 Å². The number of ketones is 2. The van der Waals surface area contributed by atoms with Crippen molar-refractivity contribution >= 4 is 11.6 Å². The van der Waals surface area contributed by atoms with Crippen molar-refractivity contribution in [2.24, 2.45) is 5.41 Å². The fourth-order valence-electron chi connectivity index (χ4n) is 1.58. The second-order valence-electron chi connectivity index (χ2n) is 5.34. The molecule has 0 aromatic heterocycles. The Balaban J connectivity index is 2.13. The Bertz CT molecular complexity index is 497. The molecule has 1 aromatic rings. The van der Waals surface area contributed by atoms with Gasteiger partial charge in [0.1, 0.15) is 5.78 Å². The average molecular weight is 248 g/mol. The second kappa shape index (κ2) is 4.44.